The summed E-state index contributed by atoms with van der Waals surface area (Å²) in [5.74, 6) is 0.975. The molecule has 0 saturated heterocycles. The Labute approximate surface area is 114 Å². The Hall–Kier alpha value is -3.14. The zero-order valence-corrected chi connectivity index (χ0v) is 10.4. The van der Waals surface area contributed by atoms with Gasteiger partial charge in [0.25, 0.3) is 0 Å². The Balaban J connectivity index is 2.35. The summed E-state index contributed by atoms with van der Waals surface area (Å²) in [6.45, 7) is 0. The second kappa shape index (κ2) is 5.67. The SMILES string of the molecule is COc1ccccc1Oc1ccc([N+](=O)[O-])c(C#N)n1. The molecule has 0 aliphatic carbocycles. The average Bonchev–Trinajstić information content (AvgIpc) is 2.47. The van der Waals surface area contributed by atoms with E-state index >= 15 is 0 Å². The van der Waals surface area contributed by atoms with Crippen molar-refractivity contribution in [1.29, 1.82) is 5.26 Å². The van der Waals surface area contributed by atoms with E-state index in [0.717, 1.165) is 0 Å². The van der Waals surface area contributed by atoms with Gasteiger partial charge in [-0.3, -0.25) is 10.1 Å². The first kappa shape index (κ1) is 13.3. The molecule has 1 heterocycles. The van der Waals surface area contributed by atoms with Crippen molar-refractivity contribution in [3.63, 3.8) is 0 Å². The highest BCUT2D eigenvalue weighted by atomic mass is 16.6. The first-order valence-electron chi connectivity index (χ1n) is 5.52. The molecule has 1 aromatic carbocycles. The van der Waals surface area contributed by atoms with Gasteiger partial charge in [-0.1, -0.05) is 12.1 Å². The fourth-order valence-electron chi connectivity index (χ4n) is 1.54. The van der Waals surface area contributed by atoms with Crippen LogP contribution in [-0.4, -0.2) is 17.0 Å². The molecule has 20 heavy (non-hydrogen) atoms. The van der Waals surface area contributed by atoms with E-state index in [0.29, 0.717) is 11.5 Å². The molecule has 0 amide bonds. The molecule has 7 heteroatoms. The van der Waals surface area contributed by atoms with Crippen LogP contribution in [0.1, 0.15) is 5.69 Å². The van der Waals surface area contributed by atoms with Gasteiger partial charge in [-0.05, 0) is 12.1 Å². The van der Waals surface area contributed by atoms with Crippen LogP contribution < -0.4 is 9.47 Å². The summed E-state index contributed by atoms with van der Waals surface area (Å²) >= 11 is 0. The van der Waals surface area contributed by atoms with Crippen molar-refractivity contribution in [2.75, 3.05) is 7.11 Å². The molecule has 0 aliphatic heterocycles. The first-order chi connectivity index (χ1) is 9.65. The molecule has 1 aromatic heterocycles. The molecule has 0 N–H and O–H groups in total. The van der Waals surface area contributed by atoms with Crippen LogP contribution in [0.4, 0.5) is 5.69 Å². The minimum atomic E-state index is -0.668. The van der Waals surface area contributed by atoms with E-state index < -0.39 is 4.92 Å². The second-order valence-electron chi connectivity index (χ2n) is 3.64. The topological polar surface area (TPSA) is 98.3 Å². The van der Waals surface area contributed by atoms with E-state index in [9.17, 15) is 10.1 Å². The molecule has 0 spiro atoms. The quantitative estimate of drug-likeness (QED) is 0.626. The summed E-state index contributed by atoms with van der Waals surface area (Å²) in [4.78, 5) is 13.8. The summed E-state index contributed by atoms with van der Waals surface area (Å²) in [6, 6.07) is 11.0. The Morgan fingerprint density at radius 2 is 1.95 bits per heavy atom. The van der Waals surface area contributed by atoms with Gasteiger partial charge in [0.1, 0.15) is 6.07 Å². The average molecular weight is 271 g/mol. The van der Waals surface area contributed by atoms with Crippen molar-refractivity contribution in [1.82, 2.24) is 4.98 Å². The third kappa shape index (κ3) is 2.64. The lowest BCUT2D eigenvalue weighted by Gasteiger charge is -2.08. The third-order valence-corrected chi connectivity index (χ3v) is 2.43. The fraction of sp³-hybridized carbons (Fsp3) is 0.0769. The van der Waals surface area contributed by atoms with Gasteiger partial charge in [-0.2, -0.15) is 10.2 Å². The van der Waals surface area contributed by atoms with Crippen LogP contribution in [0.2, 0.25) is 0 Å². The van der Waals surface area contributed by atoms with Crippen molar-refractivity contribution in [2.24, 2.45) is 0 Å². The van der Waals surface area contributed by atoms with E-state index in [1.165, 1.54) is 19.2 Å². The molecule has 0 unspecified atom stereocenters. The van der Waals surface area contributed by atoms with E-state index in [2.05, 4.69) is 4.98 Å². The number of aromatic nitrogens is 1. The van der Waals surface area contributed by atoms with Crippen LogP contribution in [0, 0.1) is 21.4 Å². The highest BCUT2D eigenvalue weighted by molar-refractivity contribution is 5.47. The first-order valence-corrected chi connectivity index (χ1v) is 5.52. The lowest BCUT2D eigenvalue weighted by molar-refractivity contribution is -0.385. The smallest absolute Gasteiger partial charge is 0.305 e. The number of ether oxygens (including phenoxy) is 2. The number of nitriles is 1. The largest absolute Gasteiger partial charge is 0.493 e. The monoisotopic (exact) mass is 271 g/mol. The summed E-state index contributed by atoms with van der Waals surface area (Å²) in [7, 11) is 1.49. The van der Waals surface area contributed by atoms with E-state index in [1.807, 2.05) is 0 Å². The van der Waals surface area contributed by atoms with Crippen molar-refractivity contribution in [3.8, 4) is 23.4 Å². The Morgan fingerprint density at radius 1 is 1.25 bits per heavy atom. The molecule has 0 atom stereocenters. The number of rotatable bonds is 4. The third-order valence-electron chi connectivity index (χ3n) is 2.43. The van der Waals surface area contributed by atoms with E-state index in [4.69, 9.17) is 14.7 Å². The van der Waals surface area contributed by atoms with Crippen molar-refractivity contribution in [2.45, 2.75) is 0 Å². The number of para-hydroxylation sites is 2. The lowest BCUT2D eigenvalue weighted by Crippen LogP contribution is -1.97. The molecule has 7 nitrogen and oxygen atoms in total. The molecule has 100 valence electrons. The number of methoxy groups -OCH3 is 1. The summed E-state index contributed by atoms with van der Waals surface area (Å²) < 4.78 is 10.6. The number of pyridine rings is 1. The van der Waals surface area contributed by atoms with Gasteiger partial charge < -0.3 is 9.47 Å². The van der Waals surface area contributed by atoms with E-state index in [-0.39, 0.29) is 17.3 Å². The predicted octanol–water partition coefficient (Wildman–Crippen LogP) is 2.66. The number of nitrogens with zero attached hydrogens (tertiary/aromatic N) is 3. The van der Waals surface area contributed by atoms with Gasteiger partial charge >= 0.3 is 5.69 Å². The number of hydrogen-bond donors (Lipinski definition) is 0. The maximum atomic E-state index is 10.7. The van der Waals surface area contributed by atoms with Crippen LogP contribution in [-0.2, 0) is 0 Å². The molecular weight excluding hydrogens is 262 g/mol. The number of hydrogen-bond acceptors (Lipinski definition) is 6. The van der Waals surface area contributed by atoms with Gasteiger partial charge in [0.05, 0.1) is 12.0 Å². The van der Waals surface area contributed by atoms with Crippen molar-refractivity contribution in [3.05, 3.63) is 52.2 Å². The maximum absolute atomic E-state index is 10.7. The van der Waals surface area contributed by atoms with Crippen LogP contribution >= 0.6 is 0 Å². The van der Waals surface area contributed by atoms with Crippen LogP contribution in [0.3, 0.4) is 0 Å². The van der Waals surface area contributed by atoms with Gasteiger partial charge in [-0.25, -0.2) is 0 Å². The molecule has 0 saturated carbocycles. The van der Waals surface area contributed by atoms with Gasteiger partial charge in [-0.15, -0.1) is 0 Å². The minimum absolute atomic E-state index is 0.0802. The molecule has 0 aliphatic rings. The lowest BCUT2D eigenvalue weighted by atomic mass is 10.3. The Bertz CT molecular complexity index is 694. The zero-order chi connectivity index (χ0) is 14.5. The van der Waals surface area contributed by atoms with Crippen LogP contribution in [0.5, 0.6) is 17.4 Å². The normalized spacial score (nSPS) is 9.60. The molecular formula is C13H9N3O4. The summed E-state index contributed by atoms with van der Waals surface area (Å²) in [6.07, 6.45) is 0. The predicted molar refractivity (Wildman–Crippen MR) is 68.7 cm³/mol. The molecule has 2 rings (SSSR count). The van der Waals surface area contributed by atoms with Crippen LogP contribution in [0.15, 0.2) is 36.4 Å². The highest BCUT2D eigenvalue weighted by Gasteiger charge is 2.16. The summed E-state index contributed by atoms with van der Waals surface area (Å²) in [5, 5.41) is 19.6. The zero-order valence-electron chi connectivity index (χ0n) is 10.4. The highest BCUT2D eigenvalue weighted by Crippen LogP contribution is 2.31. The molecule has 0 bridgehead atoms. The van der Waals surface area contributed by atoms with E-state index in [1.54, 1.807) is 30.3 Å². The fourth-order valence-corrected chi connectivity index (χ4v) is 1.54. The van der Waals surface area contributed by atoms with Gasteiger partial charge in [0.2, 0.25) is 11.6 Å². The second-order valence-corrected chi connectivity index (χ2v) is 3.64. The molecule has 0 fully saturated rings. The Kier molecular flexibility index (Phi) is 3.77. The standard InChI is InChI=1S/C13H9N3O4/c1-19-11-4-2-3-5-12(11)20-13-7-6-10(16(17)18)9(8-14)15-13/h2-7H,1H3. The van der Waals surface area contributed by atoms with Crippen molar-refractivity contribution >= 4 is 5.69 Å². The number of nitro groups is 1. The Morgan fingerprint density at radius 3 is 2.55 bits per heavy atom. The summed E-state index contributed by atoms with van der Waals surface area (Å²) in [5.41, 5.74) is -0.665. The maximum Gasteiger partial charge on any atom is 0.305 e. The minimum Gasteiger partial charge on any atom is -0.493 e. The van der Waals surface area contributed by atoms with Gasteiger partial charge in [0.15, 0.2) is 11.5 Å². The van der Waals surface area contributed by atoms with Crippen molar-refractivity contribution < 1.29 is 14.4 Å². The molecule has 2 aromatic rings. The van der Waals surface area contributed by atoms with Crippen LogP contribution in [0.25, 0.3) is 0 Å². The number of benzene rings is 1. The van der Waals surface area contributed by atoms with Gasteiger partial charge in [0, 0.05) is 12.1 Å². The molecule has 0 radical (unpaired) electrons.